The van der Waals surface area contributed by atoms with Crippen LogP contribution >= 0.6 is 11.6 Å². The minimum atomic E-state index is -3.83. The molecule has 0 radical (unpaired) electrons. The fraction of sp³-hybridized carbons (Fsp3) is 0.318. The molecule has 0 amide bonds. The number of rotatable bonds is 5. The summed E-state index contributed by atoms with van der Waals surface area (Å²) in [6.45, 7) is 2.42. The Morgan fingerprint density at radius 2 is 1.88 bits per heavy atom. The first-order chi connectivity index (χ1) is 15.3. The van der Waals surface area contributed by atoms with Gasteiger partial charge in [-0.25, -0.2) is 18.2 Å². The van der Waals surface area contributed by atoms with E-state index in [1.807, 2.05) is 0 Å². The number of carbonyl (C=O) groups excluding carboxylic acids is 1. The van der Waals surface area contributed by atoms with Crippen LogP contribution < -0.4 is 5.56 Å². The summed E-state index contributed by atoms with van der Waals surface area (Å²) in [4.78, 5) is 31.9. The number of halogens is 1. The van der Waals surface area contributed by atoms with Crippen LogP contribution in [0.15, 0.2) is 52.2 Å². The lowest BCUT2D eigenvalue weighted by atomic mass is 10.2. The molecular formula is C22H22ClN3O5S. The molecule has 0 saturated carbocycles. The Balaban J connectivity index is 1.59. The van der Waals surface area contributed by atoms with Crippen LogP contribution in [0, 0.1) is 0 Å². The molecule has 32 heavy (non-hydrogen) atoms. The van der Waals surface area contributed by atoms with E-state index in [2.05, 4.69) is 9.97 Å². The number of benzene rings is 2. The molecule has 1 N–H and O–H groups in total. The number of fused-ring (bicyclic) bond motifs is 1. The van der Waals surface area contributed by atoms with Crippen LogP contribution in [-0.2, 0) is 14.8 Å². The SMILES string of the molecule is CC(OC(=O)c1ccc(Cl)c(S(=O)(=O)N2CCCCC2)c1)c1nc2ccccc2c(=O)[nH]1. The number of hydrogen-bond donors (Lipinski definition) is 1. The van der Waals surface area contributed by atoms with Crippen LogP contribution in [0.5, 0.6) is 0 Å². The van der Waals surface area contributed by atoms with Gasteiger partial charge in [0.2, 0.25) is 10.0 Å². The van der Waals surface area contributed by atoms with E-state index in [0.717, 1.165) is 19.3 Å². The van der Waals surface area contributed by atoms with Crippen molar-refractivity contribution in [1.82, 2.24) is 14.3 Å². The lowest BCUT2D eigenvalue weighted by Crippen LogP contribution is -2.35. The lowest BCUT2D eigenvalue weighted by molar-refractivity contribution is 0.0319. The number of aromatic amines is 1. The molecule has 168 valence electrons. The van der Waals surface area contributed by atoms with Crippen LogP contribution in [0.3, 0.4) is 0 Å². The van der Waals surface area contributed by atoms with Gasteiger partial charge in [0.25, 0.3) is 5.56 Å². The Kier molecular flexibility index (Phi) is 6.32. The summed E-state index contributed by atoms with van der Waals surface area (Å²) < 4.78 is 32.9. The maximum absolute atomic E-state index is 13.0. The molecule has 2 heterocycles. The molecule has 1 aliphatic heterocycles. The van der Waals surface area contributed by atoms with Crippen molar-refractivity contribution in [3.63, 3.8) is 0 Å². The number of nitrogens with one attached hydrogen (secondary N) is 1. The Labute approximate surface area is 190 Å². The first-order valence-electron chi connectivity index (χ1n) is 10.3. The van der Waals surface area contributed by atoms with E-state index in [4.69, 9.17) is 16.3 Å². The summed E-state index contributed by atoms with van der Waals surface area (Å²) >= 11 is 6.17. The predicted molar refractivity (Wildman–Crippen MR) is 120 cm³/mol. The third-order valence-corrected chi connectivity index (χ3v) is 7.78. The monoisotopic (exact) mass is 475 g/mol. The number of nitrogens with zero attached hydrogens (tertiary/aromatic N) is 2. The number of piperidine rings is 1. The van der Waals surface area contributed by atoms with Gasteiger partial charge in [0.05, 0.1) is 21.5 Å². The minimum Gasteiger partial charge on any atom is -0.451 e. The maximum atomic E-state index is 13.0. The second kappa shape index (κ2) is 9.01. The van der Waals surface area contributed by atoms with E-state index in [-0.39, 0.29) is 26.9 Å². The van der Waals surface area contributed by atoms with Crippen molar-refractivity contribution in [2.75, 3.05) is 13.1 Å². The second-order valence-electron chi connectivity index (χ2n) is 7.63. The highest BCUT2D eigenvalue weighted by atomic mass is 35.5. The number of H-pyrrole nitrogens is 1. The van der Waals surface area contributed by atoms with Gasteiger partial charge in [0, 0.05) is 13.1 Å². The summed E-state index contributed by atoms with van der Waals surface area (Å²) in [7, 11) is -3.83. The number of esters is 1. The van der Waals surface area contributed by atoms with E-state index in [1.165, 1.54) is 22.5 Å². The summed E-state index contributed by atoms with van der Waals surface area (Å²) in [5.41, 5.74) is 0.186. The van der Waals surface area contributed by atoms with Gasteiger partial charge < -0.3 is 9.72 Å². The molecule has 1 unspecified atom stereocenters. The highest BCUT2D eigenvalue weighted by Crippen LogP contribution is 2.28. The summed E-state index contributed by atoms with van der Waals surface area (Å²) in [5.74, 6) is -0.558. The van der Waals surface area contributed by atoms with Gasteiger partial charge in [0.1, 0.15) is 4.90 Å². The lowest BCUT2D eigenvalue weighted by Gasteiger charge is -2.26. The smallest absolute Gasteiger partial charge is 0.338 e. The molecule has 3 aromatic rings. The molecule has 10 heteroatoms. The normalized spacial score (nSPS) is 16.1. The molecule has 1 fully saturated rings. The van der Waals surface area contributed by atoms with Gasteiger partial charge in [-0.1, -0.05) is 30.2 Å². The molecule has 1 saturated heterocycles. The molecule has 1 aromatic heterocycles. The van der Waals surface area contributed by atoms with E-state index in [0.29, 0.717) is 24.0 Å². The number of carbonyl (C=O) groups is 1. The molecule has 2 aromatic carbocycles. The Morgan fingerprint density at radius 1 is 1.16 bits per heavy atom. The minimum absolute atomic E-state index is 0.0416. The zero-order valence-electron chi connectivity index (χ0n) is 17.4. The van der Waals surface area contributed by atoms with E-state index in [9.17, 15) is 18.0 Å². The Bertz CT molecular complexity index is 1330. The zero-order chi connectivity index (χ0) is 22.9. The van der Waals surface area contributed by atoms with Crippen LogP contribution in [0.4, 0.5) is 0 Å². The first-order valence-corrected chi connectivity index (χ1v) is 12.1. The van der Waals surface area contributed by atoms with Crippen molar-refractivity contribution in [2.24, 2.45) is 0 Å². The Hall–Kier alpha value is -2.75. The summed E-state index contributed by atoms with van der Waals surface area (Å²) in [6.07, 6.45) is 1.69. The zero-order valence-corrected chi connectivity index (χ0v) is 18.9. The average molecular weight is 476 g/mol. The number of sulfonamides is 1. The van der Waals surface area contributed by atoms with Gasteiger partial charge >= 0.3 is 5.97 Å². The number of ether oxygens (including phenoxy) is 1. The van der Waals surface area contributed by atoms with Gasteiger partial charge in [-0.05, 0) is 50.1 Å². The van der Waals surface area contributed by atoms with E-state index >= 15 is 0 Å². The van der Waals surface area contributed by atoms with Crippen molar-refractivity contribution in [1.29, 1.82) is 0 Å². The average Bonchev–Trinajstić information content (AvgIpc) is 2.79. The van der Waals surface area contributed by atoms with Crippen molar-refractivity contribution in [3.8, 4) is 0 Å². The highest BCUT2D eigenvalue weighted by Gasteiger charge is 2.29. The third kappa shape index (κ3) is 4.41. The van der Waals surface area contributed by atoms with Gasteiger partial charge in [-0.15, -0.1) is 0 Å². The van der Waals surface area contributed by atoms with Gasteiger partial charge in [0.15, 0.2) is 11.9 Å². The Morgan fingerprint density at radius 3 is 2.62 bits per heavy atom. The molecule has 1 atom stereocenters. The molecule has 8 nitrogen and oxygen atoms in total. The topological polar surface area (TPSA) is 109 Å². The van der Waals surface area contributed by atoms with Crippen LogP contribution in [0.1, 0.15) is 48.5 Å². The highest BCUT2D eigenvalue weighted by molar-refractivity contribution is 7.89. The van der Waals surface area contributed by atoms with E-state index in [1.54, 1.807) is 31.2 Å². The molecule has 0 aliphatic carbocycles. The summed E-state index contributed by atoms with van der Waals surface area (Å²) in [6, 6.07) is 10.8. The van der Waals surface area contributed by atoms with Crippen molar-refractivity contribution in [2.45, 2.75) is 37.2 Å². The van der Waals surface area contributed by atoms with Gasteiger partial charge in [-0.2, -0.15) is 4.31 Å². The molecule has 0 bridgehead atoms. The van der Waals surface area contributed by atoms with Crippen molar-refractivity contribution < 1.29 is 17.9 Å². The molecule has 0 spiro atoms. The van der Waals surface area contributed by atoms with Crippen molar-refractivity contribution >= 4 is 38.5 Å². The number of hydrogen-bond acceptors (Lipinski definition) is 6. The van der Waals surface area contributed by atoms with Crippen LogP contribution in [-0.4, -0.2) is 41.7 Å². The molecular weight excluding hydrogens is 454 g/mol. The third-order valence-electron chi connectivity index (χ3n) is 5.40. The number of para-hydroxylation sites is 1. The second-order valence-corrected chi connectivity index (χ2v) is 9.94. The van der Waals surface area contributed by atoms with Crippen LogP contribution in [0.25, 0.3) is 10.9 Å². The maximum Gasteiger partial charge on any atom is 0.338 e. The fourth-order valence-electron chi connectivity index (χ4n) is 3.65. The van der Waals surface area contributed by atoms with Crippen molar-refractivity contribution in [3.05, 3.63) is 69.2 Å². The first kappa shape index (κ1) is 22.4. The van der Waals surface area contributed by atoms with Gasteiger partial charge in [-0.3, -0.25) is 4.79 Å². The molecule has 1 aliphatic rings. The largest absolute Gasteiger partial charge is 0.451 e. The van der Waals surface area contributed by atoms with E-state index < -0.39 is 22.1 Å². The summed E-state index contributed by atoms with van der Waals surface area (Å²) in [5, 5.41) is 0.473. The quantitative estimate of drug-likeness (QED) is 0.564. The molecule has 4 rings (SSSR count). The fourth-order valence-corrected chi connectivity index (χ4v) is 5.67. The standard InChI is InChI=1S/C22H22ClN3O5S/c1-14(20-24-18-8-4-3-7-16(18)21(27)25-20)31-22(28)15-9-10-17(23)19(13-15)32(29,30)26-11-5-2-6-12-26/h3-4,7-10,13-14H,2,5-6,11-12H2,1H3,(H,24,25,27). The number of aromatic nitrogens is 2. The predicted octanol–water partition coefficient (Wildman–Crippen LogP) is 3.67. The van der Waals surface area contributed by atoms with Crippen LogP contribution in [0.2, 0.25) is 5.02 Å².